The number of hydrogen-bond donors (Lipinski definition) is 2. The van der Waals surface area contributed by atoms with Crippen LogP contribution in [0.3, 0.4) is 0 Å². The van der Waals surface area contributed by atoms with Gasteiger partial charge in [0.1, 0.15) is 10.8 Å². The van der Waals surface area contributed by atoms with Gasteiger partial charge in [-0.15, -0.1) is 23.7 Å². The molecule has 0 aliphatic carbocycles. The van der Waals surface area contributed by atoms with Crippen LogP contribution in [0.25, 0.3) is 0 Å². The van der Waals surface area contributed by atoms with E-state index in [-0.39, 0.29) is 5.69 Å². The zero-order chi connectivity index (χ0) is 24.6. The van der Waals surface area contributed by atoms with E-state index in [1.165, 1.54) is 11.3 Å². The number of ether oxygens (including phenoxy) is 1. The van der Waals surface area contributed by atoms with Crippen LogP contribution in [0.15, 0.2) is 57.8 Å². The molecule has 178 valence electrons. The van der Waals surface area contributed by atoms with Crippen molar-refractivity contribution in [2.24, 2.45) is 10.7 Å². The van der Waals surface area contributed by atoms with Crippen LogP contribution < -0.4 is 11.1 Å². The van der Waals surface area contributed by atoms with E-state index in [2.05, 4.69) is 32.7 Å². The number of terminal acetylenes is 1. The molecule has 1 fully saturated rings. The summed E-state index contributed by atoms with van der Waals surface area (Å²) in [5.74, 6) is 2.61. The van der Waals surface area contributed by atoms with Gasteiger partial charge in [-0.2, -0.15) is 0 Å². The number of amides is 1. The predicted molar refractivity (Wildman–Crippen MR) is 140 cm³/mol. The van der Waals surface area contributed by atoms with Gasteiger partial charge in [0.2, 0.25) is 0 Å². The number of hydrogen-bond acceptors (Lipinski definition) is 7. The first-order valence-corrected chi connectivity index (χ1v) is 11.7. The van der Waals surface area contributed by atoms with Gasteiger partial charge >= 0.3 is 0 Å². The lowest BCUT2D eigenvalue weighted by atomic mass is 10.2. The highest BCUT2D eigenvalue weighted by Gasteiger charge is 2.14. The number of carbonyl (C=O) groups is 1. The summed E-state index contributed by atoms with van der Waals surface area (Å²) in [6.45, 7) is 13.5. The lowest BCUT2D eigenvalue weighted by Gasteiger charge is -2.26. The molecular formula is C24H32ClN5O2S. The van der Waals surface area contributed by atoms with Gasteiger partial charge in [0, 0.05) is 31.1 Å². The number of nitrogens with two attached hydrogens (primary N) is 1. The standard InChI is InChI=1S/C15H21N5O2S.C9H11Cl/c1-3-11(9-20-5-7-22-8-6-20)18-12(4-2)19-15-13(14(16)21)17-10-23-15;1-4-5-8(2)6-7-9(3)10/h3-4,10,19H,1,5-9H2,2H3,(H2,16,21);1,6-7H,5H2,2-3H3/b12-4+,18-11+;8-6-,9-7+. The molecule has 0 saturated carbocycles. The van der Waals surface area contributed by atoms with Gasteiger partial charge in [0.15, 0.2) is 5.69 Å². The number of allylic oxidation sites excluding steroid dienone is 5. The van der Waals surface area contributed by atoms with Crippen molar-refractivity contribution in [3.05, 3.63) is 58.5 Å². The highest BCUT2D eigenvalue weighted by atomic mass is 35.5. The summed E-state index contributed by atoms with van der Waals surface area (Å²) in [6.07, 6.45) is 13.1. The van der Waals surface area contributed by atoms with E-state index in [1.807, 2.05) is 39.0 Å². The van der Waals surface area contributed by atoms with E-state index in [9.17, 15) is 4.79 Å². The average molecular weight is 490 g/mol. The predicted octanol–water partition coefficient (Wildman–Crippen LogP) is 4.57. The third-order valence-corrected chi connectivity index (χ3v) is 5.15. The van der Waals surface area contributed by atoms with Gasteiger partial charge in [-0.1, -0.05) is 29.8 Å². The number of aromatic nitrogens is 1. The van der Waals surface area contributed by atoms with Gasteiger partial charge in [-0.25, -0.2) is 9.98 Å². The van der Waals surface area contributed by atoms with Crippen LogP contribution in [0.1, 0.15) is 37.7 Å². The van der Waals surface area contributed by atoms with Crippen LogP contribution in [0.4, 0.5) is 5.00 Å². The third kappa shape index (κ3) is 11.6. The molecular weight excluding hydrogens is 458 g/mol. The van der Waals surface area contributed by atoms with Gasteiger partial charge in [0.05, 0.1) is 24.4 Å². The number of primary amides is 1. The first-order valence-electron chi connectivity index (χ1n) is 10.4. The molecule has 9 heteroatoms. The van der Waals surface area contributed by atoms with Crippen molar-refractivity contribution >= 4 is 39.6 Å². The number of aliphatic imine (C=N–C) groups is 1. The van der Waals surface area contributed by atoms with Crippen molar-refractivity contribution in [3.8, 4) is 12.3 Å². The van der Waals surface area contributed by atoms with Gasteiger partial charge in [-0.05, 0) is 39.0 Å². The molecule has 1 amide bonds. The first-order chi connectivity index (χ1) is 15.8. The number of morpholine rings is 1. The number of nitrogens with zero attached hydrogens (tertiary/aromatic N) is 3. The van der Waals surface area contributed by atoms with E-state index < -0.39 is 5.91 Å². The Morgan fingerprint density at radius 2 is 2.15 bits per heavy atom. The highest BCUT2D eigenvalue weighted by molar-refractivity contribution is 7.14. The van der Waals surface area contributed by atoms with Crippen LogP contribution in [-0.2, 0) is 4.74 Å². The van der Waals surface area contributed by atoms with Crippen molar-refractivity contribution in [2.45, 2.75) is 27.2 Å². The maximum Gasteiger partial charge on any atom is 0.270 e. The summed E-state index contributed by atoms with van der Waals surface area (Å²) < 4.78 is 5.34. The van der Waals surface area contributed by atoms with Crippen LogP contribution >= 0.6 is 22.9 Å². The van der Waals surface area contributed by atoms with Crippen molar-refractivity contribution in [1.29, 1.82) is 0 Å². The molecule has 1 aromatic rings. The number of anilines is 1. The largest absolute Gasteiger partial charge is 0.379 e. The summed E-state index contributed by atoms with van der Waals surface area (Å²) in [5.41, 5.74) is 9.09. The van der Waals surface area contributed by atoms with E-state index in [4.69, 9.17) is 28.5 Å². The Bertz CT molecular complexity index is 946. The Balaban J connectivity index is 0.000000461. The Morgan fingerprint density at radius 1 is 1.45 bits per heavy atom. The molecule has 0 unspecified atom stereocenters. The molecule has 0 bridgehead atoms. The molecule has 1 aliphatic heterocycles. The Morgan fingerprint density at radius 3 is 2.70 bits per heavy atom. The number of nitrogens with one attached hydrogen (secondary N) is 1. The van der Waals surface area contributed by atoms with Crippen LogP contribution in [0.5, 0.6) is 0 Å². The third-order valence-electron chi connectivity index (χ3n) is 4.28. The molecule has 0 aromatic carbocycles. The average Bonchev–Trinajstić information content (AvgIpc) is 3.26. The molecule has 7 nitrogen and oxygen atoms in total. The van der Waals surface area contributed by atoms with Gasteiger partial charge in [-0.3, -0.25) is 9.69 Å². The zero-order valence-electron chi connectivity index (χ0n) is 19.4. The SMILES string of the molecule is C#CC/C(C)=C\C=C(/C)Cl.C=C/C(CN1CCOCC1)=N\C(=C/C)Nc1scnc1C(N)=O. The van der Waals surface area contributed by atoms with Crippen molar-refractivity contribution < 1.29 is 9.53 Å². The number of carbonyl (C=O) groups excluding carboxylic acids is 1. The van der Waals surface area contributed by atoms with Gasteiger partial charge < -0.3 is 15.8 Å². The fraction of sp³-hybridized carbons (Fsp3) is 0.375. The normalized spacial score (nSPS) is 15.8. The van der Waals surface area contributed by atoms with Crippen LogP contribution in [0, 0.1) is 12.3 Å². The van der Waals surface area contributed by atoms with Crippen LogP contribution in [-0.4, -0.2) is 54.4 Å². The summed E-state index contributed by atoms with van der Waals surface area (Å²) in [6, 6.07) is 0. The Hall–Kier alpha value is -2.70. The van der Waals surface area contributed by atoms with Crippen molar-refractivity contribution in [3.63, 3.8) is 0 Å². The molecule has 1 saturated heterocycles. The highest BCUT2D eigenvalue weighted by Crippen LogP contribution is 2.22. The van der Waals surface area contributed by atoms with E-state index >= 15 is 0 Å². The summed E-state index contributed by atoms with van der Waals surface area (Å²) in [4.78, 5) is 22.1. The minimum Gasteiger partial charge on any atom is -0.379 e. The van der Waals surface area contributed by atoms with E-state index in [0.29, 0.717) is 23.8 Å². The molecule has 0 atom stereocenters. The van der Waals surface area contributed by atoms with Gasteiger partial charge in [0.25, 0.3) is 5.91 Å². The fourth-order valence-corrected chi connectivity index (χ4v) is 3.31. The minimum atomic E-state index is -0.564. The maximum atomic E-state index is 11.3. The molecule has 3 N–H and O–H groups in total. The fourth-order valence-electron chi connectivity index (χ4n) is 2.56. The second-order valence-electron chi connectivity index (χ2n) is 7.04. The van der Waals surface area contributed by atoms with E-state index in [1.54, 1.807) is 11.6 Å². The molecule has 1 aliphatic rings. The number of halogens is 1. The number of rotatable bonds is 9. The molecule has 0 spiro atoms. The Labute approximate surface area is 205 Å². The summed E-state index contributed by atoms with van der Waals surface area (Å²) in [5, 5.41) is 4.46. The quantitative estimate of drug-likeness (QED) is 0.301. The second kappa shape index (κ2) is 16.0. The lowest BCUT2D eigenvalue weighted by molar-refractivity contribution is 0.0454. The van der Waals surface area contributed by atoms with Crippen molar-refractivity contribution in [2.75, 3.05) is 38.2 Å². The summed E-state index contributed by atoms with van der Waals surface area (Å²) >= 11 is 6.89. The smallest absolute Gasteiger partial charge is 0.270 e. The molecule has 1 aromatic heterocycles. The molecule has 2 heterocycles. The maximum absolute atomic E-state index is 11.3. The summed E-state index contributed by atoms with van der Waals surface area (Å²) in [7, 11) is 0. The lowest BCUT2D eigenvalue weighted by Crippen LogP contribution is -2.39. The van der Waals surface area contributed by atoms with Crippen LogP contribution in [0.2, 0.25) is 0 Å². The monoisotopic (exact) mass is 489 g/mol. The first kappa shape index (κ1) is 28.3. The minimum absolute atomic E-state index is 0.220. The molecule has 2 rings (SSSR count). The topological polar surface area (TPSA) is 92.8 Å². The van der Waals surface area contributed by atoms with Crippen molar-refractivity contribution in [1.82, 2.24) is 9.88 Å². The number of thiazole rings is 1. The van der Waals surface area contributed by atoms with E-state index in [0.717, 1.165) is 42.6 Å². The zero-order valence-corrected chi connectivity index (χ0v) is 21.0. The molecule has 33 heavy (non-hydrogen) atoms. The second-order valence-corrected chi connectivity index (χ2v) is 8.49. The Kier molecular flexibility index (Phi) is 13.7. The molecule has 0 radical (unpaired) electrons.